The van der Waals surface area contributed by atoms with Gasteiger partial charge in [-0.25, -0.2) is 4.79 Å². The third kappa shape index (κ3) is 1.13. The summed E-state index contributed by atoms with van der Waals surface area (Å²) in [5, 5.41) is 0. The smallest absolute Gasteiger partial charge is 0.330 e. The van der Waals surface area contributed by atoms with Crippen LogP contribution in [0.2, 0.25) is 0 Å². The number of aryl methyl sites for hydroxylation is 1. The molecule has 12 heavy (non-hydrogen) atoms. The molecule has 0 aliphatic carbocycles. The van der Waals surface area contributed by atoms with Gasteiger partial charge in [0.25, 0.3) is 5.56 Å². The van der Waals surface area contributed by atoms with E-state index < -0.39 is 5.56 Å². The molecule has 0 aliphatic rings. The lowest BCUT2D eigenvalue weighted by Crippen LogP contribution is -2.36. The van der Waals surface area contributed by atoms with E-state index in [0.29, 0.717) is 0 Å². The van der Waals surface area contributed by atoms with E-state index in [1.165, 1.54) is 24.9 Å². The zero-order chi connectivity index (χ0) is 9.30. The van der Waals surface area contributed by atoms with E-state index in [-0.39, 0.29) is 11.4 Å². The van der Waals surface area contributed by atoms with E-state index in [0.717, 1.165) is 4.57 Å². The number of hydrogen-bond donors (Lipinski definition) is 0. The standard InChI is InChI=1S/C7H10N2O3/c1-8-4-5(12-3)6(10)9(2)7(8)11/h4H,1-3H3. The maximum Gasteiger partial charge on any atom is 0.330 e. The van der Waals surface area contributed by atoms with Crippen molar-refractivity contribution in [1.29, 1.82) is 0 Å². The first-order chi connectivity index (χ1) is 5.57. The highest BCUT2D eigenvalue weighted by molar-refractivity contribution is 5.12. The lowest BCUT2D eigenvalue weighted by atomic mass is 10.5. The van der Waals surface area contributed by atoms with E-state index in [2.05, 4.69) is 0 Å². The highest BCUT2D eigenvalue weighted by atomic mass is 16.5. The summed E-state index contributed by atoms with van der Waals surface area (Å²) in [7, 11) is 4.36. The summed E-state index contributed by atoms with van der Waals surface area (Å²) in [6.07, 6.45) is 1.37. The molecular weight excluding hydrogens is 160 g/mol. The summed E-state index contributed by atoms with van der Waals surface area (Å²) >= 11 is 0. The fraction of sp³-hybridized carbons (Fsp3) is 0.429. The molecule has 0 saturated heterocycles. The molecular formula is C7H10N2O3. The van der Waals surface area contributed by atoms with Crippen LogP contribution in [0.4, 0.5) is 0 Å². The van der Waals surface area contributed by atoms with Gasteiger partial charge in [0.1, 0.15) is 0 Å². The first-order valence-corrected chi connectivity index (χ1v) is 3.38. The Morgan fingerprint density at radius 2 is 1.92 bits per heavy atom. The van der Waals surface area contributed by atoms with Crippen LogP contribution in [0, 0.1) is 0 Å². The molecule has 0 atom stereocenters. The number of methoxy groups -OCH3 is 1. The Labute approximate surface area is 68.8 Å². The van der Waals surface area contributed by atoms with Crippen LogP contribution in [-0.2, 0) is 14.1 Å². The minimum Gasteiger partial charge on any atom is -0.490 e. The highest BCUT2D eigenvalue weighted by Gasteiger charge is 2.04. The molecule has 0 spiro atoms. The largest absolute Gasteiger partial charge is 0.490 e. The molecule has 0 radical (unpaired) electrons. The molecule has 0 fully saturated rings. The molecule has 0 amide bonds. The second-order valence-corrected chi connectivity index (χ2v) is 2.46. The normalized spacial score (nSPS) is 9.92. The van der Waals surface area contributed by atoms with Crippen molar-refractivity contribution < 1.29 is 4.74 Å². The second kappa shape index (κ2) is 2.84. The predicted octanol–water partition coefficient (Wildman–Crippen LogP) is -0.907. The Hall–Kier alpha value is -1.52. The van der Waals surface area contributed by atoms with Gasteiger partial charge in [0.05, 0.1) is 13.3 Å². The number of nitrogens with zero attached hydrogens (tertiary/aromatic N) is 2. The molecule has 0 saturated carbocycles. The minimum absolute atomic E-state index is 0.166. The van der Waals surface area contributed by atoms with Crippen LogP contribution in [0.5, 0.6) is 5.75 Å². The van der Waals surface area contributed by atoms with Crippen LogP contribution in [0.15, 0.2) is 15.8 Å². The van der Waals surface area contributed by atoms with E-state index >= 15 is 0 Å². The molecule has 1 aromatic heterocycles. The van der Waals surface area contributed by atoms with Crippen molar-refractivity contribution in [1.82, 2.24) is 9.13 Å². The average molecular weight is 170 g/mol. The summed E-state index contributed by atoms with van der Waals surface area (Å²) < 4.78 is 7.06. The molecule has 0 unspecified atom stereocenters. The summed E-state index contributed by atoms with van der Waals surface area (Å²) in [4.78, 5) is 22.3. The molecule has 0 aliphatic heterocycles. The lowest BCUT2D eigenvalue weighted by Gasteiger charge is -2.04. The van der Waals surface area contributed by atoms with Gasteiger partial charge in [0, 0.05) is 14.1 Å². The van der Waals surface area contributed by atoms with Gasteiger partial charge >= 0.3 is 5.69 Å². The second-order valence-electron chi connectivity index (χ2n) is 2.46. The molecule has 1 heterocycles. The van der Waals surface area contributed by atoms with Crippen LogP contribution in [0.1, 0.15) is 0 Å². The Morgan fingerprint density at radius 3 is 2.42 bits per heavy atom. The molecule has 1 aromatic rings. The highest BCUT2D eigenvalue weighted by Crippen LogP contribution is 1.95. The van der Waals surface area contributed by atoms with Crippen molar-refractivity contribution in [2.24, 2.45) is 14.1 Å². The Kier molecular flexibility index (Phi) is 2.03. The van der Waals surface area contributed by atoms with Gasteiger partial charge in [0.15, 0.2) is 0 Å². The van der Waals surface area contributed by atoms with Gasteiger partial charge in [-0.15, -0.1) is 0 Å². The zero-order valence-corrected chi connectivity index (χ0v) is 7.20. The van der Waals surface area contributed by atoms with Crippen molar-refractivity contribution in [3.63, 3.8) is 0 Å². The van der Waals surface area contributed by atoms with Gasteiger partial charge in [-0.05, 0) is 0 Å². The van der Waals surface area contributed by atoms with Gasteiger partial charge < -0.3 is 4.74 Å². The van der Waals surface area contributed by atoms with Crippen molar-refractivity contribution in [2.45, 2.75) is 0 Å². The van der Waals surface area contributed by atoms with E-state index in [9.17, 15) is 9.59 Å². The van der Waals surface area contributed by atoms with Crippen LogP contribution < -0.4 is 16.0 Å². The van der Waals surface area contributed by atoms with E-state index in [1.807, 2.05) is 0 Å². The molecule has 66 valence electrons. The molecule has 0 N–H and O–H groups in total. The maximum atomic E-state index is 11.2. The van der Waals surface area contributed by atoms with E-state index in [1.54, 1.807) is 7.05 Å². The first-order valence-electron chi connectivity index (χ1n) is 3.38. The van der Waals surface area contributed by atoms with Crippen molar-refractivity contribution >= 4 is 0 Å². The van der Waals surface area contributed by atoms with Gasteiger partial charge in [0.2, 0.25) is 5.75 Å². The van der Waals surface area contributed by atoms with Crippen LogP contribution in [-0.4, -0.2) is 16.2 Å². The van der Waals surface area contributed by atoms with Crippen LogP contribution in [0.25, 0.3) is 0 Å². The topological polar surface area (TPSA) is 53.2 Å². The summed E-state index contributed by atoms with van der Waals surface area (Å²) in [6, 6.07) is 0. The molecule has 1 rings (SSSR count). The summed E-state index contributed by atoms with van der Waals surface area (Å²) in [6.45, 7) is 0. The third-order valence-corrected chi connectivity index (χ3v) is 1.63. The molecule has 0 bridgehead atoms. The zero-order valence-electron chi connectivity index (χ0n) is 7.20. The number of rotatable bonds is 1. The number of ether oxygens (including phenoxy) is 1. The quantitative estimate of drug-likeness (QED) is 0.548. The Balaban J connectivity index is 3.61. The van der Waals surface area contributed by atoms with Crippen LogP contribution in [0.3, 0.4) is 0 Å². The van der Waals surface area contributed by atoms with Crippen molar-refractivity contribution in [2.75, 3.05) is 7.11 Å². The monoisotopic (exact) mass is 170 g/mol. The number of aromatic nitrogens is 2. The molecule has 5 heteroatoms. The molecule has 5 nitrogen and oxygen atoms in total. The molecule has 0 aromatic carbocycles. The third-order valence-electron chi connectivity index (χ3n) is 1.63. The van der Waals surface area contributed by atoms with Crippen LogP contribution >= 0.6 is 0 Å². The minimum atomic E-state index is -0.416. The Bertz CT molecular complexity index is 402. The summed E-state index contributed by atoms with van der Waals surface area (Å²) in [5.41, 5.74) is -0.776. The van der Waals surface area contributed by atoms with Crippen molar-refractivity contribution in [3.05, 3.63) is 27.0 Å². The average Bonchev–Trinajstić information content (AvgIpc) is 2.08. The maximum absolute atomic E-state index is 11.2. The van der Waals surface area contributed by atoms with E-state index in [4.69, 9.17) is 4.74 Å². The first kappa shape index (κ1) is 8.58. The van der Waals surface area contributed by atoms with Gasteiger partial charge in [-0.1, -0.05) is 0 Å². The summed E-state index contributed by atoms with van der Waals surface area (Å²) in [5.74, 6) is 0.166. The van der Waals surface area contributed by atoms with Gasteiger partial charge in [-0.2, -0.15) is 0 Å². The SMILES string of the molecule is COc1cn(C)c(=O)n(C)c1=O. The lowest BCUT2D eigenvalue weighted by molar-refractivity contribution is 0.395. The fourth-order valence-electron chi connectivity index (χ4n) is 0.915. The van der Waals surface area contributed by atoms with Crippen molar-refractivity contribution in [3.8, 4) is 5.75 Å². The predicted molar refractivity (Wildman–Crippen MR) is 43.5 cm³/mol. The Morgan fingerprint density at radius 1 is 1.33 bits per heavy atom. The fourth-order valence-corrected chi connectivity index (χ4v) is 0.915. The van der Waals surface area contributed by atoms with Gasteiger partial charge in [-0.3, -0.25) is 13.9 Å². The number of hydrogen-bond acceptors (Lipinski definition) is 3.